The van der Waals surface area contributed by atoms with Gasteiger partial charge in [-0.2, -0.15) is 0 Å². The second-order valence-electron chi connectivity index (χ2n) is 7.65. The summed E-state index contributed by atoms with van der Waals surface area (Å²) in [4.78, 5) is 51.4. The van der Waals surface area contributed by atoms with Crippen LogP contribution < -0.4 is 21.3 Å². The van der Waals surface area contributed by atoms with Crippen LogP contribution in [0.2, 0.25) is 0 Å². The van der Waals surface area contributed by atoms with Crippen molar-refractivity contribution in [3.05, 3.63) is 37.9 Å². The number of hydrogen-bond acceptors (Lipinski definition) is 8. The lowest BCUT2D eigenvalue weighted by Gasteiger charge is -2.32. The summed E-state index contributed by atoms with van der Waals surface area (Å²) in [6.45, 7) is 3.41. The summed E-state index contributed by atoms with van der Waals surface area (Å²) in [6, 6.07) is 0.0288. The fourth-order valence-electron chi connectivity index (χ4n) is 4.07. The van der Waals surface area contributed by atoms with E-state index >= 15 is 0 Å². The lowest BCUT2D eigenvalue weighted by molar-refractivity contribution is -0.148. The predicted molar refractivity (Wildman–Crippen MR) is 111 cm³/mol. The third kappa shape index (κ3) is 4.24. The first-order valence-electron chi connectivity index (χ1n) is 10.6. The van der Waals surface area contributed by atoms with Gasteiger partial charge in [0.25, 0.3) is 5.56 Å². The Kier molecular flexibility index (Phi) is 6.87. The number of ether oxygens (including phenoxy) is 3. The highest BCUT2D eigenvalue weighted by Crippen LogP contribution is 2.38. The van der Waals surface area contributed by atoms with Crippen molar-refractivity contribution in [1.29, 1.82) is 0 Å². The first-order valence-corrected chi connectivity index (χ1v) is 10.6. The van der Waals surface area contributed by atoms with Crippen molar-refractivity contribution in [2.75, 3.05) is 13.2 Å². The summed E-state index contributed by atoms with van der Waals surface area (Å²) < 4.78 is 18.3. The summed E-state index contributed by atoms with van der Waals surface area (Å²) in [5.74, 6) is -3.00. The summed E-state index contributed by atoms with van der Waals surface area (Å²) >= 11 is 0. The highest BCUT2D eigenvalue weighted by atomic mass is 16.5. The van der Waals surface area contributed by atoms with Gasteiger partial charge in [0, 0.05) is 20.1 Å². The molecule has 31 heavy (non-hydrogen) atoms. The van der Waals surface area contributed by atoms with Crippen molar-refractivity contribution in [3.63, 3.8) is 0 Å². The van der Waals surface area contributed by atoms with Gasteiger partial charge in [0.15, 0.2) is 0 Å². The zero-order valence-electron chi connectivity index (χ0n) is 18.4. The molecule has 3 rings (SSSR count). The van der Waals surface area contributed by atoms with Gasteiger partial charge in [0.1, 0.15) is 11.5 Å². The molecular weight excluding hydrogens is 406 g/mol. The number of rotatable bonds is 6. The van der Waals surface area contributed by atoms with Crippen molar-refractivity contribution >= 4 is 11.9 Å². The van der Waals surface area contributed by atoms with Gasteiger partial charge in [-0.25, -0.2) is 9.59 Å². The van der Waals surface area contributed by atoms with Gasteiger partial charge in [-0.1, -0.05) is 19.3 Å². The van der Waals surface area contributed by atoms with Crippen molar-refractivity contribution in [2.45, 2.75) is 57.9 Å². The second kappa shape index (κ2) is 9.40. The third-order valence-corrected chi connectivity index (χ3v) is 5.62. The van der Waals surface area contributed by atoms with E-state index in [-0.39, 0.29) is 42.2 Å². The molecule has 0 amide bonds. The Balaban J connectivity index is 2.24. The monoisotopic (exact) mass is 435 g/mol. The Morgan fingerprint density at radius 2 is 1.68 bits per heavy atom. The summed E-state index contributed by atoms with van der Waals surface area (Å²) in [7, 11) is 2.74. The molecule has 1 fully saturated rings. The minimum atomic E-state index is -1.38. The molecule has 1 aliphatic carbocycles. The van der Waals surface area contributed by atoms with E-state index in [4.69, 9.17) is 14.2 Å². The van der Waals surface area contributed by atoms with Crippen LogP contribution in [0.5, 0.6) is 5.88 Å². The van der Waals surface area contributed by atoms with Gasteiger partial charge in [-0.3, -0.25) is 18.7 Å². The molecule has 1 unspecified atom stereocenters. The minimum Gasteiger partial charge on any atom is -0.465 e. The second-order valence-corrected chi connectivity index (χ2v) is 7.65. The molecule has 2 heterocycles. The van der Waals surface area contributed by atoms with Crippen molar-refractivity contribution in [3.8, 4) is 5.88 Å². The topological polar surface area (TPSA) is 118 Å². The van der Waals surface area contributed by atoms with Gasteiger partial charge in [0.05, 0.1) is 18.8 Å². The quantitative estimate of drug-likeness (QED) is 0.653. The van der Waals surface area contributed by atoms with Crippen molar-refractivity contribution in [1.82, 2.24) is 14.5 Å². The summed E-state index contributed by atoms with van der Waals surface area (Å²) in [5.41, 5.74) is -1.58. The SMILES string of the molecule is CCOC(=O)C1=C(NC2CCCCC2)Oc2c(c(=O)n(C)c(=O)n2C)C1C(=O)OCC. The molecule has 0 spiro atoms. The van der Waals surface area contributed by atoms with Crippen LogP contribution in [0.25, 0.3) is 0 Å². The van der Waals surface area contributed by atoms with Gasteiger partial charge >= 0.3 is 17.6 Å². The van der Waals surface area contributed by atoms with Crippen LogP contribution in [-0.2, 0) is 33.2 Å². The van der Waals surface area contributed by atoms with Crippen LogP contribution in [0.1, 0.15) is 57.4 Å². The number of hydrogen-bond donors (Lipinski definition) is 1. The molecule has 0 saturated heterocycles. The molecule has 1 aromatic heterocycles. The normalized spacial score (nSPS) is 18.8. The van der Waals surface area contributed by atoms with E-state index in [0.29, 0.717) is 0 Å². The number of carbonyl (C=O) groups excluding carboxylic acids is 2. The molecule has 170 valence electrons. The maximum atomic E-state index is 13.0. The largest absolute Gasteiger partial charge is 0.465 e. The van der Waals surface area contributed by atoms with Crippen molar-refractivity contribution in [2.24, 2.45) is 14.1 Å². The van der Waals surface area contributed by atoms with Crippen LogP contribution in [-0.4, -0.2) is 40.3 Å². The number of fused-ring (bicyclic) bond motifs is 1. The number of aromatic nitrogens is 2. The number of esters is 2. The third-order valence-electron chi connectivity index (χ3n) is 5.62. The van der Waals surface area contributed by atoms with Gasteiger partial charge in [-0.15, -0.1) is 0 Å². The van der Waals surface area contributed by atoms with Gasteiger partial charge in [0.2, 0.25) is 11.8 Å². The van der Waals surface area contributed by atoms with Gasteiger partial charge < -0.3 is 19.5 Å². The molecule has 1 atom stereocenters. The maximum Gasteiger partial charge on any atom is 0.340 e. The first kappa shape index (κ1) is 22.6. The standard InChI is InChI=1S/C21H29N3O7/c1-5-29-19(26)13-14(20(27)30-6-2)16(22-12-10-8-7-9-11-12)31-18-15(13)17(25)23(3)21(28)24(18)4/h12-13,22H,5-11H2,1-4H3. The molecular formula is C21H29N3O7. The highest BCUT2D eigenvalue weighted by molar-refractivity contribution is 6.00. The van der Waals surface area contributed by atoms with E-state index in [1.165, 1.54) is 14.1 Å². The Morgan fingerprint density at radius 1 is 1.03 bits per heavy atom. The predicted octanol–water partition coefficient (Wildman–Crippen LogP) is 0.820. The lowest BCUT2D eigenvalue weighted by atomic mass is 9.89. The van der Waals surface area contributed by atoms with E-state index < -0.39 is 29.1 Å². The lowest BCUT2D eigenvalue weighted by Crippen LogP contribution is -2.46. The first-order chi connectivity index (χ1) is 14.8. The average Bonchev–Trinajstić information content (AvgIpc) is 2.76. The molecule has 10 nitrogen and oxygen atoms in total. The van der Waals surface area contributed by atoms with E-state index in [0.717, 1.165) is 41.2 Å². The van der Waals surface area contributed by atoms with Crippen molar-refractivity contribution < 1.29 is 23.8 Å². The number of nitrogens with one attached hydrogen (secondary N) is 1. The number of nitrogens with zero attached hydrogens (tertiary/aromatic N) is 2. The van der Waals surface area contributed by atoms with E-state index in [1.54, 1.807) is 13.8 Å². The molecule has 2 aliphatic rings. The van der Waals surface area contributed by atoms with E-state index in [2.05, 4.69) is 5.32 Å². The Bertz CT molecular complexity index is 1020. The van der Waals surface area contributed by atoms with Crippen LogP contribution in [0, 0.1) is 0 Å². The summed E-state index contributed by atoms with van der Waals surface area (Å²) in [6.07, 6.45) is 4.92. The molecule has 1 aliphatic heterocycles. The molecule has 0 radical (unpaired) electrons. The number of carbonyl (C=O) groups is 2. The average molecular weight is 435 g/mol. The zero-order valence-corrected chi connectivity index (χ0v) is 18.4. The van der Waals surface area contributed by atoms with Crippen LogP contribution in [0.4, 0.5) is 0 Å². The fourth-order valence-corrected chi connectivity index (χ4v) is 4.07. The smallest absolute Gasteiger partial charge is 0.340 e. The van der Waals surface area contributed by atoms with Crippen LogP contribution in [0.15, 0.2) is 21.0 Å². The molecule has 1 N–H and O–H groups in total. The maximum absolute atomic E-state index is 13.0. The molecule has 10 heteroatoms. The van der Waals surface area contributed by atoms with Gasteiger partial charge in [-0.05, 0) is 26.7 Å². The Morgan fingerprint density at radius 3 is 2.29 bits per heavy atom. The minimum absolute atomic E-state index is 0.0270. The Labute approximate surface area is 179 Å². The van der Waals surface area contributed by atoms with E-state index in [1.807, 2.05) is 0 Å². The fraction of sp³-hybridized carbons (Fsp3) is 0.619. The van der Waals surface area contributed by atoms with E-state index in [9.17, 15) is 19.2 Å². The van der Waals surface area contributed by atoms with Crippen LogP contribution >= 0.6 is 0 Å². The Hall–Kier alpha value is -3.04. The molecule has 1 saturated carbocycles. The molecule has 0 bridgehead atoms. The van der Waals surface area contributed by atoms with Crippen LogP contribution in [0.3, 0.4) is 0 Å². The highest BCUT2D eigenvalue weighted by Gasteiger charge is 2.44. The zero-order chi connectivity index (χ0) is 22.7. The summed E-state index contributed by atoms with van der Waals surface area (Å²) in [5, 5.41) is 3.22. The molecule has 1 aromatic rings. The molecule has 0 aromatic carbocycles.